The van der Waals surface area contributed by atoms with Crippen molar-refractivity contribution in [1.29, 1.82) is 0 Å². The molecule has 0 radical (unpaired) electrons. The van der Waals surface area contributed by atoms with Gasteiger partial charge in [0.05, 0.1) is 6.61 Å². The van der Waals surface area contributed by atoms with E-state index in [1.165, 1.54) is 0 Å². The van der Waals surface area contributed by atoms with E-state index in [9.17, 15) is 9.59 Å². The Labute approximate surface area is 160 Å². The second-order valence-electron chi connectivity index (χ2n) is 8.82. The number of hydrogen-bond donors (Lipinski definition) is 0. The van der Waals surface area contributed by atoms with Crippen LogP contribution in [-0.4, -0.2) is 52.2 Å². The van der Waals surface area contributed by atoms with Crippen LogP contribution in [0.4, 0.5) is 0 Å². The number of hydrogen-bond acceptors (Lipinski definition) is 5. The number of carbonyl (C=O) groups is 2. The highest BCUT2D eigenvalue weighted by molar-refractivity contribution is 5.89. The third kappa shape index (κ3) is 3.60. The number of hydroxylamine groups is 2. The molecule has 6 heteroatoms. The van der Waals surface area contributed by atoms with Gasteiger partial charge in [0, 0.05) is 18.5 Å². The normalized spacial score (nSPS) is 30.9. The molecule has 0 aromatic heterocycles. The van der Waals surface area contributed by atoms with Crippen LogP contribution in [0.5, 0.6) is 0 Å². The molecule has 4 rings (SSSR count). The van der Waals surface area contributed by atoms with Crippen molar-refractivity contribution in [2.45, 2.75) is 70.3 Å². The summed E-state index contributed by atoms with van der Waals surface area (Å²) in [6, 6.07) is 9.35. The number of rotatable bonds is 3. The molecule has 6 nitrogen and oxygen atoms in total. The first kappa shape index (κ1) is 18.4. The molecule has 1 aromatic rings. The molecule has 4 atom stereocenters. The van der Waals surface area contributed by atoms with Gasteiger partial charge in [0.15, 0.2) is 0 Å². The van der Waals surface area contributed by atoms with Gasteiger partial charge in [0.2, 0.25) is 5.91 Å². The quantitative estimate of drug-likeness (QED) is 0.763. The molecular formula is C21H28N2O4. The topological polar surface area (TPSA) is 59.1 Å². The van der Waals surface area contributed by atoms with Crippen molar-refractivity contribution in [1.82, 2.24) is 9.96 Å². The Morgan fingerprint density at radius 2 is 1.96 bits per heavy atom. The van der Waals surface area contributed by atoms with Crippen molar-refractivity contribution in [2.24, 2.45) is 5.92 Å². The van der Waals surface area contributed by atoms with E-state index in [-0.39, 0.29) is 29.9 Å². The molecule has 0 N–H and O–H groups in total. The van der Waals surface area contributed by atoms with E-state index in [2.05, 4.69) is 0 Å². The third-order valence-electron chi connectivity index (χ3n) is 5.66. The van der Waals surface area contributed by atoms with Crippen LogP contribution in [0.3, 0.4) is 0 Å². The van der Waals surface area contributed by atoms with E-state index in [4.69, 9.17) is 9.57 Å². The fraction of sp³-hybridized carbons (Fsp3) is 0.619. The lowest BCUT2D eigenvalue weighted by atomic mass is 9.87. The molecule has 27 heavy (non-hydrogen) atoms. The monoisotopic (exact) mass is 372 g/mol. The van der Waals surface area contributed by atoms with Crippen LogP contribution >= 0.6 is 0 Å². The molecule has 0 saturated carbocycles. The van der Waals surface area contributed by atoms with E-state index >= 15 is 0 Å². The number of ether oxygens (including phenoxy) is 1. The van der Waals surface area contributed by atoms with Crippen molar-refractivity contribution in [3.8, 4) is 0 Å². The van der Waals surface area contributed by atoms with Gasteiger partial charge in [0.25, 0.3) is 0 Å². The van der Waals surface area contributed by atoms with E-state index < -0.39 is 11.6 Å². The molecule has 0 spiro atoms. The second-order valence-corrected chi connectivity index (χ2v) is 8.82. The van der Waals surface area contributed by atoms with Gasteiger partial charge in [-0.25, -0.2) is 4.79 Å². The smallest absolute Gasteiger partial charge is 0.329 e. The molecule has 3 aliphatic heterocycles. The average molecular weight is 372 g/mol. The molecular weight excluding hydrogens is 344 g/mol. The fourth-order valence-electron chi connectivity index (χ4n) is 4.58. The van der Waals surface area contributed by atoms with Crippen molar-refractivity contribution in [3.63, 3.8) is 0 Å². The van der Waals surface area contributed by atoms with Gasteiger partial charge in [0.1, 0.15) is 17.7 Å². The molecule has 3 heterocycles. The van der Waals surface area contributed by atoms with Crippen LogP contribution in [0, 0.1) is 5.92 Å². The highest BCUT2D eigenvalue weighted by atomic mass is 16.7. The Hall–Kier alpha value is -1.92. The third-order valence-corrected chi connectivity index (χ3v) is 5.66. The summed E-state index contributed by atoms with van der Waals surface area (Å²) in [6.07, 6.45) is 2.43. The Bertz CT molecular complexity index is 715. The first-order chi connectivity index (χ1) is 12.8. The molecule has 1 aromatic carbocycles. The largest absolute Gasteiger partial charge is 0.458 e. The maximum atomic E-state index is 13.4. The number of nitrogens with zero attached hydrogens (tertiary/aromatic N) is 2. The Kier molecular flexibility index (Phi) is 4.72. The van der Waals surface area contributed by atoms with E-state index in [0.717, 1.165) is 18.4 Å². The number of fused-ring (bicyclic) bond motifs is 2. The maximum Gasteiger partial charge on any atom is 0.329 e. The average Bonchev–Trinajstić information content (AvgIpc) is 3.19. The highest BCUT2D eigenvalue weighted by Gasteiger charge is 2.54. The number of benzene rings is 1. The predicted molar refractivity (Wildman–Crippen MR) is 99.3 cm³/mol. The van der Waals surface area contributed by atoms with Crippen LogP contribution in [0.1, 0.15) is 45.6 Å². The number of piperidine rings is 1. The number of esters is 1. The van der Waals surface area contributed by atoms with Crippen molar-refractivity contribution in [2.75, 3.05) is 6.61 Å². The van der Waals surface area contributed by atoms with Crippen LogP contribution < -0.4 is 0 Å². The van der Waals surface area contributed by atoms with Gasteiger partial charge < -0.3 is 9.64 Å². The van der Waals surface area contributed by atoms with Gasteiger partial charge in [-0.3, -0.25) is 9.63 Å². The summed E-state index contributed by atoms with van der Waals surface area (Å²) in [5.74, 6) is -0.0804. The van der Waals surface area contributed by atoms with Crippen molar-refractivity contribution < 1.29 is 19.2 Å². The van der Waals surface area contributed by atoms with E-state index in [0.29, 0.717) is 19.6 Å². The maximum absolute atomic E-state index is 13.4. The summed E-state index contributed by atoms with van der Waals surface area (Å²) >= 11 is 0. The minimum atomic E-state index is -0.549. The molecule has 1 amide bonds. The fourth-order valence-corrected chi connectivity index (χ4v) is 4.58. The number of amides is 1. The Morgan fingerprint density at radius 3 is 2.67 bits per heavy atom. The Morgan fingerprint density at radius 1 is 1.22 bits per heavy atom. The van der Waals surface area contributed by atoms with Crippen molar-refractivity contribution in [3.05, 3.63) is 35.9 Å². The molecule has 3 fully saturated rings. The molecule has 0 aliphatic carbocycles. The minimum absolute atomic E-state index is 0.0121. The lowest BCUT2D eigenvalue weighted by molar-refractivity contribution is -0.176. The first-order valence-electron chi connectivity index (χ1n) is 9.82. The van der Waals surface area contributed by atoms with Crippen LogP contribution in [-0.2, 0) is 25.7 Å². The summed E-state index contributed by atoms with van der Waals surface area (Å²) < 4.78 is 5.58. The van der Waals surface area contributed by atoms with Crippen LogP contribution in [0.25, 0.3) is 0 Å². The first-order valence-corrected chi connectivity index (χ1v) is 9.82. The molecule has 0 bridgehead atoms. The van der Waals surface area contributed by atoms with Crippen LogP contribution in [0.2, 0.25) is 0 Å². The van der Waals surface area contributed by atoms with Gasteiger partial charge in [-0.05, 0) is 45.6 Å². The standard InChI is InChI=1S/C21H28N2O4/c1-21(2,3)27-20(25)17-10-9-16-11-15-13-26-22(18(15)19(24)23(16)17)12-14-7-5-4-6-8-14/h4-8,15-18H,9-13H2,1-3H3/t15?,16?,17-,18?/m0/s1. The zero-order valence-corrected chi connectivity index (χ0v) is 16.3. The van der Waals surface area contributed by atoms with E-state index in [1.54, 1.807) is 4.90 Å². The van der Waals surface area contributed by atoms with Gasteiger partial charge in [-0.15, -0.1) is 0 Å². The summed E-state index contributed by atoms with van der Waals surface area (Å²) in [6.45, 7) is 6.72. The summed E-state index contributed by atoms with van der Waals surface area (Å²) in [4.78, 5) is 33.7. The Balaban J connectivity index is 1.51. The number of carbonyl (C=O) groups excluding carboxylic acids is 2. The van der Waals surface area contributed by atoms with Crippen molar-refractivity contribution >= 4 is 11.9 Å². The zero-order chi connectivity index (χ0) is 19.2. The minimum Gasteiger partial charge on any atom is -0.458 e. The van der Waals surface area contributed by atoms with Crippen LogP contribution in [0.15, 0.2) is 30.3 Å². The molecule has 146 valence electrons. The van der Waals surface area contributed by atoms with Gasteiger partial charge in [-0.2, -0.15) is 5.06 Å². The van der Waals surface area contributed by atoms with Gasteiger partial charge >= 0.3 is 5.97 Å². The predicted octanol–water partition coefficient (Wildman–Crippen LogP) is 2.52. The lowest BCUT2D eigenvalue weighted by Crippen LogP contribution is -2.58. The molecule has 3 unspecified atom stereocenters. The molecule has 3 saturated heterocycles. The zero-order valence-electron chi connectivity index (χ0n) is 16.3. The lowest BCUT2D eigenvalue weighted by Gasteiger charge is -2.40. The summed E-state index contributed by atoms with van der Waals surface area (Å²) in [5.41, 5.74) is 0.560. The summed E-state index contributed by atoms with van der Waals surface area (Å²) in [7, 11) is 0. The highest BCUT2D eigenvalue weighted by Crippen LogP contribution is 2.41. The van der Waals surface area contributed by atoms with Gasteiger partial charge in [-0.1, -0.05) is 30.3 Å². The summed E-state index contributed by atoms with van der Waals surface area (Å²) in [5, 5.41) is 1.81. The second kappa shape index (κ2) is 6.91. The molecule has 3 aliphatic rings. The SMILES string of the molecule is CC(C)(C)OC(=O)[C@@H]1CCC2CC3CON(Cc4ccccc4)C3C(=O)N21. The van der Waals surface area contributed by atoms with E-state index in [1.807, 2.05) is 56.2 Å².